The van der Waals surface area contributed by atoms with E-state index >= 15 is 0 Å². The van der Waals surface area contributed by atoms with Gasteiger partial charge >= 0.3 is 0 Å². The van der Waals surface area contributed by atoms with Crippen LogP contribution in [-0.2, 0) is 4.79 Å². The predicted molar refractivity (Wildman–Crippen MR) is 82.3 cm³/mol. The molecular weight excluding hydrogens is 266 g/mol. The Morgan fingerprint density at radius 2 is 1.81 bits per heavy atom. The second-order valence-corrected chi connectivity index (χ2v) is 4.72. The van der Waals surface area contributed by atoms with Crippen molar-refractivity contribution in [3.8, 4) is 5.75 Å². The van der Waals surface area contributed by atoms with Crippen LogP contribution in [0.2, 0.25) is 0 Å². The lowest BCUT2D eigenvalue weighted by molar-refractivity contribution is -0.116. The zero-order valence-electron chi connectivity index (χ0n) is 12.0. The number of hydrogen-bond acceptors (Lipinski definition) is 3. The summed E-state index contributed by atoms with van der Waals surface area (Å²) in [5.74, 6) is 0.605. The summed E-state index contributed by atoms with van der Waals surface area (Å²) < 4.78 is 5.48. The van der Waals surface area contributed by atoms with Gasteiger partial charge in [-0.25, -0.2) is 0 Å². The molecule has 2 rings (SSSR count). The van der Waals surface area contributed by atoms with Crippen LogP contribution < -0.4 is 10.1 Å². The number of amides is 1. The molecule has 0 saturated carbocycles. The van der Waals surface area contributed by atoms with Crippen LogP contribution in [0.15, 0.2) is 54.6 Å². The maximum Gasteiger partial charge on any atom is 0.227 e. The topological polar surface area (TPSA) is 58.6 Å². The van der Waals surface area contributed by atoms with Crippen molar-refractivity contribution in [1.29, 1.82) is 0 Å². The van der Waals surface area contributed by atoms with Crippen LogP contribution in [0, 0.1) is 0 Å². The fourth-order valence-corrected chi connectivity index (χ4v) is 1.97. The first kappa shape index (κ1) is 15.1. The van der Waals surface area contributed by atoms with Crippen molar-refractivity contribution in [3.63, 3.8) is 0 Å². The van der Waals surface area contributed by atoms with Crippen molar-refractivity contribution in [2.24, 2.45) is 0 Å². The first-order valence-electron chi connectivity index (χ1n) is 6.91. The van der Waals surface area contributed by atoms with E-state index < -0.39 is 6.10 Å². The van der Waals surface area contributed by atoms with Crippen LogP contribution in [0.25, 0.3) is 0 Å². The summed E-state index contributed by atoms with van der Waals surface area (Å²) in [6.45, 7) is 1.98. The van der Waals surface area contributed by atoms with Gasteiger partial charge in [0.2, 0.25) is 5.91 Å². The second kappa shape index (κ2) is 7.45. The summed E-state index contributed by atoms with van der Waals surface area (Å²) in [7, 11) is 0. The number of nitrogens with one attached hydrogen (secondary N) is 1. The van der Waals surface area contributed by atoms with Gasteiger partial charge in [-0.05, 0) is 25.1 Å². The van der Waals surface area contributed by atoms with Gasteiger partial charge in [-0.1, -0.05) is 36.4 Å². The Kier molecular flexibility index (Phi) is 5.35. The average molecular weight is 285 g/mol. The molecule has 0 aliphatic rings. The van der Waals surface area contributed by atoms with Crippen molar-refractivity contribution in [2.45, 2.75) is 19.4 Å². The Bertz CT molecular complexity index is 582. The Morgan fingerprint density at radius 3 is 2.52 bits per heavy atom. The molecule has 0 aliphatic carbocycles. The highest BCUT2D eigenvalue weighted by atomic mass is 16.5. The maximum absolute atomic E-state index is 11.9. The number of hydrogen-bond donors (Lipinski definition) is 2. The molecule has 0 bridgehead atoms. The third kappa shape index (κ3) is 4.61. The summed E-state index contributed by atoms with van der Waals surface area (Å²) in [5.41, 5.74) is 1.34. The first-order valence-corrected chi connectivity index (χ1v) is 6.91. The highest BCUT2D eigenvalue weighted by molar-refractivity contribution is 5.91. The lowest BCUT2D eigenvalue weighted by atomic mass is 10.1. The van der Waals surface area contributed by atoms with Crippen molar-refractivity contribution < 1.29 is 14.6 Å². The van der Waals surface area contributed by atoms with Crippen LogP contribution in [0.3, 0.4) is 0 Å². The molecule has 2 aromatic rings. The molecule has 110 valence electrons. The quantitative estimate of drug-likeness (QED) is 0.857. The highest BCUT2D eigenvalue weighted by Gasteiger charge is 2.10. The fraction of sp³-hybridized carbons (Fsp3) is 0.235. The molecule has 2 N–H and O–H groups in total. The Balaban J connectivity index is 1.85. The van der Waals surface area contributed by atoms with Crippen LogP contribution >= 0.6 is 0 Å². The Labute approximate surface area is 124 Å². The lowest BCUT2D eigenvalue weighted by Gasteiger charge is -2.13. The molecule has 0 fully saturated rings. The number of para-hydroxylation sites is 2. The molecule has 0 spiro atoms. The molecule has 21 heavy (non-hydrogen) atoms. The lowest BCUT2D eigenvalue weighted by Crippen LogP contribution is -2.16. The third-order valence-corrected chi connectivity index (χ3v) is 3.03. The first-order chi connectivity index (χ1) is 10.2. The van der Waals surface area contributed by atoms with Gasteiger partial charge in [-0.2, -0.15) is 0 Å². The van der Waals surface area contributed by atoms with Gasteiger partial charge in [0.15, 0.2) is 0 Å². The Hall–Kier alpha value is -2.33. The summed E-state index contributed by atoms with van der Waals surface area (Å²) >= 11 is 0. The molecule has 0 radical (unpaired) electrons. The van der Waals surface area contributed by atoms with Gasteiger partial charge in [0.25, 0.3) is 0 Å². The molecule has 0 heterocycles. The van der Waals surface area contributed by atoms with E-state index in [4.69, 9.17) is 4.74 Å². The van der Waals surface area contributed by atoms with E-state index in [1.54, 1.807) is 19.1 Å². The van der Waals surface area contributed by atoms with E-state index in [2.05, 4.69) is 5.32 Å². The zero-order chi connectivity index (χ0) is 15.1. The largest absolute Gasteiger partial charge is 0.493 e. The van der Waals surface area contributed by atoms with Gasteiger partial charge in [-0.15, -0.1) is 0 Å². The molecule has 1 unspecified atom stereocenters. The highest BCUT2D eigenvalue weighted by Crippen LogP contribution is 2.22. The molecule has 4 heteroatoms. The maximum atomic E-state index is 11.9. The van der Waals surface area contributed by atoms with Crippen LogP contribution in [0.1, 0.15) is 25.0 Å². The number of anilines is 1. The molecule has 0 aromatic heterocycles. The number of aliphatic hydroxyl groups excluding tert-OH is 1. The van der Waals surface area contributed by atoms with Crippen LogP contribution in [0.5, 0.6) is 5.75 Å². The van der Waals surface area contributed by atoms with Gasteiger partial charge in [0, 0.05) is 11.3 Å². The van der Waals surface area contributed by atoms with Gasteiger partial charge < -0.3 is 15.2 Å². The summed E-state index contributed by atoms with van der Waals surface area (Å²) in [6.07, 6.45) is -0.370. The van der Waals surface area contributed by atoms with Crippen molar-refractivity contribution >= 4 is 11.6 Å². The van der Waals surface area contributed by atoms with Crippen LogP contribution in [-0.4, -0.2) is 17.6 Å². The molecular formula is C17H19NO3. The normalized spacial score (nSPS) is 11.7. The monoisotopic (exact) mass is 285 g/mol. The predicted octanol–water partition coefficient (Wildman–Crippen LogP) is 3.15. The third-order valence-electron chi connectivity index (χ3n) is 3.03. The van der Waals surface area contributed by atoms with E-state index in [9.17, 15) is 9.90 Å². The second-order valence-electron chi connectivity index (χ2n) is 4.72. The van der Waals surface area contributed by atoms with Crippen molar-refractivity contribution in [3.05, 3.63) is 60.2 Å². The number of benzene rings is 2. The minimum absolute atomic E-state index is 0.140. The van der Waals surface area contributed by atoms with Crippen LogP contribution in [0.4, 0.5) is 5.69 Å². The Morgan fingerprint density at radius 1 is 1.14 bits per heavy atom. The average Bonchev–Trinajstić information content (AvgIpc) is 2.48. The molecule has 1 atom stereocenters. The summed E-state index contributed by atoms with van der Waals surface area (Å²) in [4.78, 5) is 11.9. The number of carbonyl (C=O) groups is 1. The minimum Gasteiger partial charge on any atom is -0.493 e. The molecule has 0 aliphatic heterocycles. The standard InChI is InChI=1S/C17H19NO3/c1-13(19)15-9-5-6-10-16(15)18-17(20)11-12-21-14-7-3-2-4-8-14/h2-10,13,19H,11-12H2,1H3,(H,18,20). The molecule has 4 nitrogen and oxygen atoms in total. The summed E-state index contributed by atoms with van der Waals surface area (Å²) in [5, 5.41) is 12.5. The number of ether oxygens (including phenoxy) is 1. The van der Waals surface area contributed by atoms with E-state index in [1.807, 2.05) is 42.5 Å². The number of rotatable bonds is 6. The zero-order valence-corrected chi connectivity index (χ0v) is 12.0. The molecule has 1 amide bonds. The van der Waals surface area contributed by atoms with E-state index in [1.165, 1.54) is 0 Å². The van der Waals surface area contributed by atoms with Crippen molar-refractivity contribution in [1.82, 2.24) is 0 Å². The fourth-order valence-electron chi connectivity index (χ4n) is 1.97. The van der Waals surface area contributed by atoms with E-state index in [-0.39, 0.29) is 12.3 Å². The van der Waals surface area contributed by atoms with Gasteiger partial charge in [0.05, 0.1) is 19.1 Å². The smallest absolute Gasteiger partial charge is 0.227 e. The minimum atomic E-state index is -0.623. The van der Waals surface area contributed by atoms with E-state index in [0.717, 1.165) is 5.75 Å². The molecule has 2 aromatic carbocycles. The van der Waals surface area contributed by atoms with Gasteiger partial charge in [-0.3, -0.25) is 4.79 Å². The summed E-state index contributed by atoms with van der Waals surface area (Å²) in [6, 6.07) is 16.6. The number of carbonyl (C=O) groups excluding carboxylic acids is 1. The van der Waals surface area contributed by atoms with Crippen molar-refractivity contribution in [2.75, 3.05) is 11.9 Å². The molecule has 0 saturated heterocycles. The van der Waals surface area contributed by atoms with E-state index in [0.29, 0.717) is 17.9 Å². The SMILES string of the molecule is CC(O)c1ccccc1NC(=O)CCOc1ccccc1. The number of aliphatic hydroxyl groups is 1. The van der Waals surface area contributed by atoms with Gasteiger partial charge in [0.1, 0.15) is 5.75 Å².